The minimum atomic E-state index is -0.678. The summed E-state index contributed by atoms with van der Waals surface area (Å²) in [6, 6.07) is 2.07. The molecule has 0 amide bonds. The van der Waals surface area contributed by atoms with Crippen LogP contribution in [0.1, 0.15) is 44.3 Å². The SMILES string of the molecule is CCn1cncc1C(O)c1ccnn1C(C)C. The van der Waals surface area contributed by atoms with Crippen molar-refractivity contribution >= 4 is 0 Å². The van der Waals surface area contributed by atoms with Crippen LogP contribution in [0.2, 0.25) is 0 Å². The minimum absolute atomic E-state index is 0.229. The fraction of sp³-hybridized carbons (Fsp3) is 0.500. The fourth-order valence-electron chi connectivity index (χ4n) is 1.95. The number of hydrogen-bond donors (Lipinski definition) is 1. The number of hydrogen-bond acceptors (Lipinski definition) is 3. The molecule has 0 aliphatic carbocycles. The van der Waals surface area contributed by atoms with Crippen molar-refractivity contribution in [3.8, 4) is 0 Å². The maximum absolute atomic E-state index is 10.4. The summed E-state index contributed by atoms with van der Waals surface area (Å²) in [5.41, 5.74) is 1.60. The third-order valence-corrected chi connectivity index (χ3v) is 2.84. The van der Waals surface area contributed by atoms with Gasteiger partial charge in [0, 0.05) is 18.8 Å². The van der Waals surface area contributed by atoms with Gasteiger partial charge in [-0.05, 0) is 26.8 Å². The highest BCUT2D eigenvalue weighted by molar-refractivity contribution is 5.18. The zero-order chi connectivity index (χ0) is 12.4. The molecule has 92 valence electrons. The molecule has 1 N–H and O–H groups in total. The largest absolute Gasteiger partial charge is 0.380 e. The lowest BCUT2D eigenvalue weighted by atomic mass is 10.2. The summed E-state index contributed by atoms with van der Waals surface area (Å²) in [5, 5.41) is 14.6. The van der Waals surface area contributed by atoms with Gasteiger partial charge in [0.05, 0.1) is 23.9 Å². The lowest BCUT2D eigenvalue weighted by Gasteiger charge is -2.16. The molecule has 0 spiro atoms. The Kier molecular flexibility index (Phi) is 3.28. The Balaban J connectivity index is 2.37. The monoisotopic (exact) mass is 234 g/mol. The molecule has 0 bridgehead atoms. The van der Waals surface area contributed by atoms with Crippen molar-refractivity contribution in [2.75, 3.05) is 0 Å². The molecule has 5 heteroatoms. The summed E-state index contributed by atoms with van der Waals surface area (Å²) in [4.78, 5) is 4.07. The van der Waals surface area contributed by atoms with E-state index in [1.165, 1.54) is 0 Å². The van der Waals surface area contributed by atoms with Crippen LogP contribution in [0, 0.1) is 0 Å². The maximum Gasteiger partial charge on any atom is 0.137 e. The molecule has 5 nitrogen and oxygen atoms in total. The van der Waals surface area contributed by atoms with Gasteiger partial charge in [-0.2, -0.15) is 5.10 Å². The summed E-state index contributed by atoms with van der Waals surface area (Å²) in [5.74, 6) is 0. The van der Waals surface area contributed by atoms with Gasteiger partial charge < -0.3 is 9.67 Å². The van der Waals surface area contributed by atoms with Gasteiger partial charge in [0.15, 0.2) is 0 Å². The van der Waals surface area contributed by atoms with Crippen LogP contribution in [0.4, 0.5) is 0 Å². The summed E-state index contributed by atoms with van der Waals surface area (Å²) in [6.45, 7) is 6.90. The zero-order valence-corrected chi connectivity index (χ0v) is 10.4. The minimum Gasteiger partial charge on any atom is -0.380 e. The van der Waals surface area contributed by atoms with Crippen molar-refractivity contribution in [3.63, 3.8) is 0 Å². The molecule has 0 radical (unpaired) electrons. The standard InChI is InChI=1S/C12H18N4O/c1-4-15-8-13-7-11(15)12(17)10-5-6-14-16(10)9(2)3/h5-9,12,17H,4H2,1-3H3. The van der Waals surface area contributed by atoms with Gasteiger partial charge in [-0.3, -0.25) is 4.68 Å². The molecule has 2 heterocycles. The topological polar surface area (TPSA) is 55.9 Å². The molecule has 2 aromatic heterocycles. The number of aromatic nitrogens is 4. The first-order valence-corrected chi connectivity index (χ1v) is 5.86. The van der Waals surface area contributed by atoms with Gasteiger partial charge in [0.1, 0.15) is 6.10 Å². The third-order valence-electron chi connectivity index (χ3n) is 2.84. The Bertz CT molecular complexity index is 486. The Hall–Kier alpha value is -1.62. The van der Waals surface area contributed by atoms with E-state index < -0.39 is 6.10 Å². The van der Waals surface area contributed by atoms with Crippen molar-refractivity contribution in [2.45, 2.75) is 39.5 Å². The summed E-state index contributed by atoms with van der Waals surface area (Å²) >= 11 is 0. The predicted molar refractivity (Wildman–Crippen MR) is 64.6 cm³/mol. The second kappa shape index (κ2) is 4.71. The number of aliphatic hydroxyl groups excluding tert-OH is 1. The van der Waals surface area contributed by atoms with E-state index >= 15 is 0 Å². The molecule has 0 saturated carbocycles. The number of aryl methyl sites for hydroxylation is 1. The van der Waals surface area contributed by atoms with Gasteiger partial charge in [0.25, 0.3) is 0 Å². The van der Waals surface area contributed by atoms with E-state index in [-0.39, 0.29) is 6.04 Å². The van der Waals surface area contributed by atoms with Gasteiger partial charge in [-0.15, -0.1) is 0 Å². The first-order chi connectivity index (χ1) is 8.15. The lowest BCUT2D eigenvalue weighted by Crippen LogP contribution is -2.14. The van der Waals surface area contributed by atoms with Gasteiger partial charge in [-0.1, -0.05) is 0 Å². The smallest absolute Gasteiger partial charge is 0.137 e. The molecule has 0 aliphatic rings. The van der Waals surface area contributed by atoms with Crippen molar-refractivity contribution in [2.24, 2.45) is 0 Å². The lowest BCUT2D eigenvalue weighted by molar-refractivity contribution is 0.195. The van der Waals surface area contributed by atoms with Gasteiger partial charge in [0.2, 0.25) is 0 Å². The molecule has 2 aromatic rings. The average Bonchev–Trinajstić information content (AvgIpc) is 2.96. The molecular weight excluding hydrogens is 216 g/mol. The van der Waals surface area contributed by atoms with Crippen molar-refractivity contribution < 1.29 is 5.11 Å². The Morgan fingerprint density at radius 1 is 1.35 bits per heavy atom. The van der Waals surface area contributed by atoms with Gasteiger partial charge >= 0.3 is 0 Å². The van der Waals surface area contributed by atoms with Crippen LogP contribution < -0.4 is 0 Å². The van der Waals surface area contributed by atoms with Crippen molar-refractivity contribution in [1.29, 1.82) is 0 Å². The van der Waals surface area contributed by atoms with E-state index in [1.807, 2.05) is 36.1 Å². The molecule has 0 aliphatic heterocycles. The molecule has 17 heavy (non-hydrogen) atoms. The number of rotatable bonds is 4. The highest BCUT2D eigenvalue weighted by atomic mass is 16.3. The van der Waals surface area contributed by atoms with Crippen LogP contribution in [-0.4, -0.2) is 24.4 Å². The highest BCUT2D eigenvalue weighted by Gasteiger charge is 2.19. The van der Waals surface area contributed by atoms with Crippen LogP contribution >= 0.6 is 0 Å². The Morgan fingerprint density at radius 3 is 2.76 bits per heavy atom. The highest BCUT2D eigenvalue weighted by Crippen LogP contribution is 2.23. The molecule has 1 atom stereocenters. The Morgan fingerprint density at radius 2 is 2.12 bits per heavy atom. The van der Waals surface area contributed by atoms with E-state index in [9.17, 15) is 5.11 Å². The normalized spacial score (nSPS) is 13.2. The number of nitrogens with zero attached hydrogens (tertiary/aromatic N) is 4. The maximum atomic E-state index is 10.4. The van der Waals surface area contributed by atoms with E-state index in [0.29, 0.717) is 0 Å². The van der Waals surface area contributed by atoms with Crippen LogP contribution in [0.25, 0.3) is 0 Å². The van der Waals surface area contributed by atoms with Crippen LogP contribution in [0.15, 0.2) is 24.8 Å². The first-order valence-electron chi connectivity index (χ1n) is 5.86. The van der Waals surface area contributed by atoms with E-state index in [4.69, 9.17) is 0 Å². The number of aliphatic hydroxyl groups is 1. The van der Waals surface area contributed by atoms with E-state index in [2.05, 4.69) is 10.1 Å². The molecule has 2 rings (SSSR count). The zero-order valence-electron chi connectivity index (χ0n) is 10.4. The third kappa shape index (κ3) is 2.10. The summed E-state index contributed by atoms with van der Waals surface area (Å²) < 4.78 is 3.76. The molecule has 0 saturated heterocycles. The van der Waals surface area contributed by atoms with Gasteiger partial charge in [-0.25, -0.2) is 4.98 Å². The quantitative estimate of drug-likeness (QED) is 0.877. The molecule has 1 unspecified atom stereocenters. The predicted octanol–water partition coefficient (Wildman–Crippen LogP) is 1.76. The van der Waals surface area contributed by atoms with Crippen LogP contribution in [0.5, 0.6) is 0 Å². The molecule has 0 fully saturated rings. The van der Waals surface area contributed by atoms with E-state index in [0.717, 1.165) is 17.9 Å². The van der Waals surface area contributed by atoms with Crippen LogP contribution in [-0.2, 0) is 6.54 Å². The molecular formula is C12H18N4O. The first kappa shape index (κ1) is 11.9. The summed E-state index contributed by atoms with van der Waals surface area (Å²) in [7, 11) is 0. The van der Waals surface area contributed by atoms with Crippen molar-refractivity contribution in [3.05, 3.63) is 36.2 Å². The molecule has 0 aromatic carbocycles. The van der Waals surface area contributed by atoms with Crippen LogP contribution in [0.3, 0.4) is 0 Å². The Labute approximate surface area is 101 Å². The fourth-order valence-corrected chi connectivity index (χ4v) is 1.95. The number of imidazole rings is 1. The second-order valence-electron chi connectivity index (χ2n) is 4.30. The summed E-state index contributed by atoms with van der Waals surface area (Å²) in [6.07, 6.45) is 4.47. The van der Waals surface area contributed by atoms with E-state index in [1.54, 1.807) is 18.7 Å². The average molecular weight is 234 g/mol. The second-order valence-corrected chi connectivity index (χ2v) is 4.30. The van der Waals surface area contributed by atoms with Crippen molar-refractivity contribution in [1.82, 2.24) is 19.3 Å².